The molecule has 1 saturated heterocycles. The fourth-order valence-electron chi connectivity index (χ4n) is 4.07. The van der Waals surface area contributed by atoms with E-state index in [0.717, 1.165) is 25.7 Å². The normalized spacial score (nSPS) is 22.7. The second-order valence-electron chi connectivity index (χ2n) is 7.04. The van der Waals surface area contributed by atoms with E-state index in [1.54, 1.807) is 17.0 Å². The van der Waals surface area contributed by atoms with Crippen LogP contribution in [-0.4, -0.2) is 50.2 Å². The number of likely N-dealkylation sites (tertiary alicyclic amines) is 1. The smallest absolute Gasteiger partial charge is 0.244 e. The van der Waals surface area contributed by atoms with Gasteiger partial charge in [-0.2, -0.15) is 0 Å². The number of nitrogens with one attached hydrogen (secondary N) is 1. The topological polar surface area (TPSA) is 66.5 Å². The Hall–Kier alpha value is -0.820. The number of carbonyl (C=O) groups excluding carboxylic acids is 1. The predicted molar refractivity (Wildman–Crippen MR) is 106 cm³/mol. The first kappa shape index (κ1) is 21.5. The van der Waals surface area contributed by atoms with Crippen LogP contribution in [0.5, 0.6) is 0 Å². The first-order valence-corrected chi connectivity index (χ1v) is 10.7. The quantitative estimate of drug-likeness (QED) is 0.812. The molecular formula is C18H26Cl2N2O3S. The fraction of sp³-hybridized carbons (Fsp3) is 0.611. The summed E-state index contributed by atoms with van der Waals surface area (Å²) in [5, 5.41) is 3.70. The number of halogens is 2. The van der Waals surface area contributed by atoms with Gasteiger partial charge in [0, 0.05) is 24.2 Å². The van der Waals surface area contributed by atoms with Crippen LogP contribution in [0.4, 0.5) is 0 Å². The van der Waals surface area contributed by atoms with Gasteiger partial charge in [-0.25, -0.2) is 8.42 Å². The van der Waals surface area contributed by atoms with Crippen LogP contribution in [0.1, 0.15) is 38.5 Å². The van der Waals surface area contributed by atoms with Crippen molar-refractivity contribution in [3.8, 4) is 0 Å². The number of hydrogen-bond donors (Lipinski definition) is 1. The SMILES string of the molecule is CNC1CCCN(C(=O)C2(S(=O)(=O)c3ccc(Cl)cc3)CCCC2)C1.Cl. The molecule has 1 N–H and O–H groups in total. The number of carbonyl (C=O) groups is 1. The van der Waals surface area contributed by atoms with Crippen LogP contribution < -0.4 is 5.32 Å². The summed E-state index contributed by atoms with van der Waals surface area (Å²) in [4.78, 5) is 15.3. The van der Waals surface area contributed by atoms with Gasteiger partial charge < -0.3 is 10.2 Å². The number of sulfone groups is 1. The van der Waals surface area contributed by atoms with Crippen molar-refractivity contribution in [2.45, 2.75) is 54.2 Å². The van der Waals surface area contributed by atoms with E-state index in [-0.39, 0.29) is 29.3 Å². The Kier molecular flexibility index (Phi) is 6.99. The number of hydrogen-bond acceptors (Lipinski definition) is 4. The van der Waals surface area contributed by atoms with E-state index in [9.17, 15) is 13.2 Å². The van der Waals surface area contributed by atoms with Crippen LogP contribution in [0.15, 0.2) is 29.2 Å². The van der Waals surface area contributed by atoms with Crippen LogP contribution in [-0.2, 0) is 14.6 Å². The van der Waals surface area contributed by atoms with Gasteiger partial charge in [0.1, 0.15) is 0 Å². The minimum atomic E-state index is -3.76. The first-order valence-electron chi connectivity index (χ1n) is 8.87. The van der Waals surface area contributed by atoms with E-state index < -0.39 is 14.6 Å². The van der Waals surface area contributed by atoms with Crippen molar-refractivity contribution < 1.29 is 13.2 Å². The molecular weight excluding hydrogens is 395 g/mol. The molecule has 2 aliphatic rings. The molecule has 1 amide bonds. The molecule has 1 aromatic rings. The summed E-state index contributed by atoms with van der Waals surface area (Å²) in [6.45, 7) is 1.21. The van der Waals surface area contributed by atoms with Gasteiger partial charge in [0.15, 0.2) is 14.6 Å². The van der Waals surface area contributed by atoms with Gasteiger partial charge in [0.2, 0.25) is 5.91 Å². The molecule has 8 heteroatoms. The highest BCUT2D eigenvalue weighted by molar-refractivity contribution is 7.93. The van der Waals surface area contributed by atoms with Gasteiger partial charge in [-0.1, -0.05) is 24.4 Å². The van der Waals surface area contributed by atoms with E-state index in [2.05, 4.69) is 5.32 Å². The summed E-state index contributed by atoms with van der Waals surface area (Å²) in [6, 6.07) is 6.39. The molecule has 5 nitrogen and oxygen atoms in total. The lowest BCUT2D eigenvalue weighted by atomic mass is 10.0. The number of benzene rings is 1. The van der Waals surface area contributed by atoms with Crippen LogP contribution >= 0.6 is 24.0 Å². The highest BCUT2D eigenvalue weighted by Crippen LogP contribution is 2.42. The van der Waals surface area contributed by atoms with E-state index in [1.807, 2.05) is 7.05 Å². The molecule has 0 radical (unpaired) electrons. The molecule has 3 rings (SSSR count). The van der Waals surface area contributed by atoms with E-state index in [1.165, 1.54) is 12.1 Å². The van der Waals surface area contributed by atoms with Crippen LogP contribution in [0.25, 0.3) is 0 Å². The van der Waals surface area contributed by atoms with Crippen molar-refractivity contribution in [2.75, 3.05) is 20.1 Å². The van der Waals surface area contributed by atoms with Gasteiger partial charge >= 0.3 is 0 Å². The Morgan fingerprint density at radius 3 is 2.38 bits per heavy atom. The zero-order valence-electron chi connectivity index (χ0n) is 14.9. The summed E-state index contributed by atoms with van der Waals surface area (Å²) in [7, 11) is -1.88. The third-order valence-electron chi connectivity index (χ3n) is 5.56. The van der Waals surface area contributed by atoms with Crippen LogP contribution in [0.2, 0.25) is 5.02 Å². The lowest BCUT2D eigenvalue weighted by molar-refractivity contribution is -0.135. The maximum Gasteiger partial charge on any atom is 0.244 e. The summed E-state index contributed by atoms with van der Waals surface area (Å²) >= 11 is 5.90. The van der Waals surface area contributed by atoms with Crippen molar-refractivity contribution in [1.29, 1.82) is 0 Å². The number of nitrogens with zero attached hydrogens (tertiary/aromatic N) is 1. The second kappa shape index (κ2) is 8.46. The molecule has 146 valence electrons. The summed E-state index contributed by atoms with van der Waals surface area (Å²) in [5.74, 6) is -0.222. The molecule has 1 atom stereocenters. The van der Waals surface area contributed by atoms with Crippen LogP contribution in [0, 0.1) is 0 Å². The minimum Gasteiger partial charge on any atom is -0.340 e. The van der Waals surface area contributed by atoms with Crippen LogP contribution in [0.3, 0.4) is 0 Å². The average Bonchev–Trinajstić information content (AvgIpc) is 3.13. The highest BCUT2D eigenvalue weighted by Gasteiger charge is 2.54. The number of piperidine rings is 1. The molecule has 1 unspecified atom stereocenters. The molecule has 1 saturated carbocycles. The molecule has 2 fully saturated rings. The number of likely N-dealkylation sites (N-methyl/N-ethyl adjacent to an activating group) is 1. The zero-order valence-corrected chi connectivity index (χ0v) is 17.3. The Morgan fingerprint density at radius 2 is 1.81 bits per heavy atom. The standard InChI is InChI=1S/C18H25ClN2O3S.ClH/c1-20-15-5-4-12-21(13-15)17(22)18(10-2-3-11-18)25(23,24)16-8-6-14(19)7-9-16;/h6-9,15,20H,2-5,10-13H2,1H3;1H. The summed E-state index contributed by atoms with van der Waals surface area (Å²) in [6.07, 6.45) is 4.24. The highest BCUT2D eigenvalue weighted by atomic mass is 35.5. The number of rotatable bonds is 4. The Bertz CT molecular complexity index is 731. The van der Waals surface area contributed by atoms with Gasteiger partial charge in [0.05, 0.1) is 4.90 Å². The summed E-state index contributed by atoms with van der Waals surface area (Å²) < 4.78 is 25.5. The third-order valence-corrected chi connectivity index (χ3v) is 8.31. The third kappa shape index (κ3) is 3.75. The maximum atomic E-state index is 13.4. The monoisotopic (exact) mass is 420 g/mol. The molecule has 1 heterocycles. The largest absolute Gasteiger partial charge is 0.340 e. The molecule has 1 aliphatic heterocycles. The Labute approximate surface area is 166 Å². The van der Waals surface area contributed by atoms with Crippen molar-refractivity contribution >= 4 is 39.8 Å². The van der Waals surface area contributed by atoms with Gasteiger partial charge in [-0.3, -0.25) is 4.79 Å². The first-order chi connectivity index (χ1) is 11.9. The Balaban J connectivity index is 0.00000243. The molecule has 1 aliphatic carbocycles. The minimum absolute atomic E-state index is 0. The second-order valence-corrected chi connectivity index (χ2v) is 9.73. The van der Waals surface area contributed by atoms with E-state index >= 15 is 0 Å². The van der Waals surface area contributed by atoms with Crippen molar-refractivity contribution in [3.05, 3.63) is 29.3 Å². The Morgan fingerprint density at radius 1 is 1.19 bits per heavy atom. The number of amides is 1. The van der Waals surface area contributed by atoms with Crippen molar-refractivity contribution in [2.24, 2.45) is 0 Å². The molecule has 0 bridgehead atoms. The average molecular weight is 421 g/mol. The summed E-state index contributed by atoms with van der Waals surface area (Å²) in [5.41, 5.74) is 0. The molecule has 0 spiro atoms. The maximum absolute atomic E-state index is 13.4. The van der Waals surface area contributed by atoms with E-state index in [4.69, 9.17) is 11.6 Å². The molecule has 1 aromatic carbocycles. The van der Waals surface area contributed by atoms with Crippen molar-refractivity contribution in [1.82, 2.24) is 10.2 Å². The lowest BCUT2D eigenvalue weighted by Gasteiger charge is -2.38. The van der Waals surface area contributed by atoms with Gasteiger partial charge in [-0.15, -0.1) is 12.4 Å². The molecule has 0 aromatic heterocycles. The zero-order chi connectivity index (χ0) is 18.1. The van der Waals surface area contributed by atoms with Crippen molar-refractivity contribution in [3.63, 3.8) is 0 Å². The van der Waals surface area contributed by atoms with E-state index in [0.29, 0.717) is 31.0 Å². The van der Waals surface area contributed by atoms with Gasteiger partial charge in [0.25, 0.3) is 0 Å². The lowest BCUT2D eigenvalue weighted by Crippen LogP contribution is -2.56. The molecule has 26 heavy (non-hydrogen) atoms. The van der Waals surface area contributed by atoms with Gasteiger partial charge in [-0.05, 0) is 57.0 Å². The predicted octanol–water partition coefficient (Wildman–Crippen LogP) is 3.06. The fourth-order valence-corrected chi connectivity index (χ4v) is 6.33.